The fraction of sp³-hybridized carbons (Fsp3) is 0.500. The van der Waals surface area contributed by atoms with E-state index in [1.165, 1.54) is 0 Å². The predicted molar refractivity (Wildman–Crippen MR) is 82.6 cm³/mol. The van der Waals surface area contributed by atoms with Gasteiger partial charge in [0.2, 0.25) is 5.75 Å². The largest absolute Gasteiger partial charge is 0.493 e. The fourth-order valence-corrected chi connectivity index (χ4v) is 2.57. The number of hydrogen-bond acceptors (Lipinski definition) is 5. The normalized spacial score (nSPS) is 12.4. The van der Waals surface area contributed by atoms with Crippen LogP contribution in [-0.4, -0.2) is 28.4 Å². The lowest BCUT2D eigenvalue weighted by molar-refractivity contribution is 0.326. The number of nitrogens with one attached hydrogen (secondary N) is 1. The van der Waals surface area contributed by atoms with Crippen LogP contribution in [-0.2, 0) is 0 Å². The highest BCUT2D eigenvalue weighted by atomic mass is 16.5. The molecule has 2 rings (SSSR count). The SMILES string of the molecule is CCCC(NC)c1cc2c(OC)c(OC)c(OC)cc2o1. The lowest BCUT2D eigenvalue weighted by Crippen LogP contribution is -2.15. The summed E-state index contributed by atoms with van der Waals surface area (Å²) in [6, 6.07) is 4.02. The summed E-state index contributed by atoms with van der Waals surface area (Å²) in [5.74, 6) is 2.70. The van der Waals surface area contributed by atoms with E-state index in [0.29, 0.717) is 17.2 Å². The van der Waals surface area contributed by atoms with Crippen LogP contribution in [0.4, 0.5) is 0 Å². The summed E-state index contributed by atoms with van der Waals surface area (Å²) in [6.07, 6.45) is 2.08. The Morgan fingerprint density at radius 1 is 1.10 bits per heavy atom. The number of rotatable bonds is 7. The van der Waals surface area contributed by atoms with Gasteiger partial charge in [0.1, 0.15) is 11.3 Å². The molecule has 5 heteroatoms. The zero-order chi connectivity index (χ0) is 15.4. The van der Waals surface area contributed by atoms with Crippen LogP contribution in [0.3, 0.4) is 0 Å². The van der Waals surface area contributed by atoms with Crippen molar-refractivity contribution in [3.8, 4) is 17.2 Å². The highest BCUT2D eigenvalue weighted by molar-refractivity contribution is 5.90. The van der Waals surface area contributed by atoms with E-state index >= 15 is 0 Å². The Balaban J connectivity index is 2.60. The Hall–Kier alpha value is -1.88. The van der Waals surface area contributed by atoms with Crippen molar-refractivity contribution in [1.82, 2.24) is 5.32 Å². The van der Waals surface area contributed by atoms with Gasteiger partial charge in [-0.3, -0.25) is 0 Å². The van der Waals surface area contributed by atoms with Gasteiger partial charge in [0, 0.05) is 6.07 Å². The third-order valence-corrected chi connectivity index (χ3v) is 3.61. The Morgan fingerprint density at radius 3 is 2.33 bits per heavy atom. The van der Waals surface area contributed by atoms with Crippen molar-refractivity contribution >= 4 is 11.0 Å². The van der Waals surface area contributed by atoms with E-state index in [0.717, 1.165) is 29.6 Å². The van der Waals surface area contributed by atoms with E-state index in [1.807, 2.05) is 19.2 Å². The maximum atomic E-state index is 5.98. The fourth-order valence-electron chi connectivity index (χ4n) is 2.57. The van der Waals surface area contributed by atoms with Crippen molar-refractivity contribution in [3.63, 3.8) is 0 Å². The molecule has 21 heavy (non-hydrogen) atoms. The molecule has 0 fully saturated rings. The van der Waals surface area contributed by atoms with Gasteiger partial charge in [-0.2, -0.15) is 0 Å². The molecule has 0 saturated heterocycles. The third-order valence-electron chi connectivity index (χ3n) is 3.61. The molecule has 0 saturated carbocycles. The molecule has 116 valence electrons. The quantitative estimate of drug-likeness (QED) is 0.846. The molecule has 0 spiro atoms. The Labute approximate surface area is 125 Å². The number of fused-ring (bicyclic) bond motifs is 1. The molecule has 1 atom stereocenters. The standard InChI is InChI=1S/C16H23NO4/c1-6-7-11(17-2)13-8-10-12(21-13)9-14(18-3)16(20-5)15(10)19-4/h8-9,11,17H,6-7H2,1-5H3. The van der Waals surface area contributed by atoms with E-state index in [4.69, 9.17) is 18.6 Å². The summed E-state index contributed by atoms with van der Waals surface area (Å²) in [7, 11) is 6.75. The molecule has 1 unspecified atom stereocenters. The smallest absolute Gasteiger partial charge is 0.204 e. The second-order valence-electron chi connectivity index (χ2n) is 4.84. The van der Waals surface area contributed by atoms with Crippen molar-refractivity contribution in [2.45, 2.75) is 25.8 Å². The van der Waals surface area contributed by atoms with Crippen LogP contribution < -0.4 is 19.5 Å². The second kappa shape index (κ2) is 6.72. The molecule has 2 aromatic rings. The summed E-state index contributed by atoms with van der Waals surface area (Å²) in [5.41, 5.74) is 0.732. The monoisotopic (exact) mass is 293 g/mol. The van der Waals surface area contributed by atoms with E-state index in [1.54, 1.807) is 21.3 Å². The molecule has 0 aliphatic rings. The Kier molecular flexibility index (Phi) is 4.96. The summed E-state index contributed by atoms with van der Waals surface area (Å²) < 4.78 is 22.2. The van der Waals surface area contributed by atoms with E-state index in [2.05, 4.69) is 12.2 Å². The third kappa shape index (κ3) is 2.78. The average Bonchev–Trinajstić information content (AvgIpc) is 2.93. The van der Waals surface area contributed by atoms with Crippen molar-refractivity contribution in [2.24, 2.45) is 0 Å². The summed E-state index contributed by atoms with van der Waals surface area (Å²) in [6.45, 7) is 2.15. The number of furan rings is 1. The number of benzene rings is 1. The highest BCUT2D eigenvalue weighted by Crippen LogP contribution is 2.45. The molecule has 0 aliphatic carbocycles. The minimum absolute atomic E-state index is 0.184. The minimum Gasteiger partial charge on any atom is -0.493 e. The van der Waals surface area contributed by atoms with E-state index in [-0.39, 0.29) is 6.04 Å². The number of hydrogen-bond donors (Lipinski definition) is 1. The first-order valence-electron chi connectivity index (χ1n) is 7.09. The molecule has 5 nitrogen and oxygen atoms in total. The van der Waals surface area contributed by atoms with Gasteiger partial charge >= 0.3 is 0 Å². The molecule has 0 amide bonds. The van der Waals surface area contributed by atoms with Crippen LogP contribution in [0.1, 0.15) is 31.6 Å². The lowest BCUT2D eigenvalue weighted by atomic mass is 10.1. The molecule has 0 aliphatic heterocycles. The molecular weight excluding hydrogens is 270 g/mol. The van der Waals surface area contributed by atoms with Crippen LogP contribution in [0.15, 0.2) is 16.5 Å². The van der Waals surface area contributed by atoms with Crippen molar-refractivity contribution in [1.29, 1.82) is 0 Å². The van der Waals surface area contributed by atoms with Crippen LogP contribution in [0.2, 0.25) is 0 Å². The van der Waals surface area contributed by atoms with E-state index in [9.17, 15) is 0 Å². The van der Waals surface area contributed by atoms with Gasteiger partial charge in [-0.15, -0.1) is 0 Å². The molecule has 1 aromatic heterocycles. The molecule has 0 bridgehead atoms. The Bertz CT molecular complexity index is 606. The molecule has 1 heterocycles. The lowest BCUT2D eigenvalue weighted by Gasteiger charge is -2.12. The van der Waals surface area contributed by atoms with Crippen LogP contribution in [0.5, 0.6) is 17.2 Å². The van der Waals surface area contributed by atoms with Gasteiger partial charge < -0.3 is 23.9 Å². The molecule has 1 aromatic carbocycles. The minimum atomic E-state index is 0.184. The molecule has 1 N–H and O–H groups in total. The predicted octanol–water partition coefficient (Wildman–Crippen LogP) is 3.52. The highest BCUT2D eigenvalue weighted by Gasteiger charge is 2.21. The van der Waals surface area contributed by atoms with Crippen molar-refractivity contribution < 1.29 is 18.6 Å². The van der Waals surface area contributed by atoms with Gasteiger partial charge in [-0.05, 0) is 19.5 Å². The summed E-state index contributed by atoms with van der Waals surface area (Å²) >= 11 is 0. The molecular formula is C16H23NO4. The first-order chi connectivity index (χ1) is 10.2. The van der Waals surface area contributed by atoms with Crippen LogP contribution >= 0.6 is 0 Å². The summed E-state index contributed by atoms with van der Waals surface area (Å²) in [4.78, 5) is 0. The number of methoxy groups -OCH3 is 3. The number of ether oxygens (including phenoxy) is 3. The van der Waals surface area contributed by atoms with Gasteiger partial charge in [0.05, 0.1) is 32.8 Å². The van der Waals surface area contributed by atoms with Gasteiger partial charge in [-0.1, -0.05) is 13.3 Å². The molecule has 0 radical (unpaired) electrons. The zero-order valence-electron chi connectivity index (χ0n) is 13.3. The first-order valence-corrected chi connectivity index (χ1v) is 7.09. The van der Waals surface area contributed by atoms with Crippen molar-refractivity contribution in [3.05, 3.63) is 17.9 Å². The maximum Gasteiger partial charge on any atom is 0.204 e. The summed E-state index contributed by atoms with van der Waals surface area (Å²) in [5, 5.41) is 4.17. The average molecular weight is 293 g/mol. The van der Waals surface area contributed by atoms with Gasteiger partial charge in [0.15, 0.2) is 11.5 Å². The maximum absolute atomic E-state index is 5.98. The van der Waals surface area contributed by atoms with Gasteiger partial charge in [-0.25, -0.2) is 0 Å². The van der Waals surface area contributed by atoms with E-state index < -0.39 is 0 Å². The van der Waals surface area contributed by atoms with Gasteiger partial charge in [0.25, 0.3) is 0 Å². The second-order valence-corrected chi connectivity index (χ2v) is 4.84. The van der Waals surface area contributed by atoms with Crippen LogP contribution in [0.25, 0.3) is 11.0 Å². The topological polar surface area (TPSA) is 52.9 Å². The van der Waals surface area contributed by atoms with Crippen LogP contribution in [0, 0.1) is 0 Å². The van der Waals surface area contributed by atoms with Crippen molar-refractivity contribution in [2.75, 3.05) is 28.4 Å². The zero-order valence-corrected chi connectivity index (χ0v) is 13.3. The first kappa shape index (κ1) is 15.5. The Morgan fingerprint density at radius 2 is 1.81 bits per heavy atom.